The summed E-state index contributed by atoms with van der Waals surface area (Å²) in [5.41, 5.74) is 4.18. The number of rotatable bonds is 7. The zero-order valence-corrected chi connectivity index (χ0v) is 20.7. The van der Waals surface area contributed by atoms with Crippen LogP contribution in [-0.4, -0.2) is 34.1 Å². The fourth-order valence-electron chi connectivity index (χ4n) is 3.82. The molecule has 1 N–H and O–H groups in total. The average molecular weight is 456 g/mol. The number of aliphatic imine (C=N–C) groups is 1. The lowest BCUT2D eigenvalue weighted by Crippen LogP contribution is -2.39. The molecule has 0 saturated carbocycles. The van der Waals surface area contributed by atoms with E-state index in [0.717, 1.165) is 16.4 Å². The first-order valence-corrected chi connectivity index (χ1v) is 12.0. The molecule has 6 nitrogen and oxygen atoms in total. The summed E-state index contributed by atoms with van der Waals surface area (Å²) >= 11 is 1.48. The summed E-state index contributed by atoms with van der Waals surface area (Å²) in [5.74, 6) is -0.0200. The van der Waals surface area contributed by atoms with Crippen LogP contribution in [0.4, 0.5) is 0 Å². The zero-order chi connectivity index (χ0) is 23.6. The number of thioether (sulfide) groups is 1. The third-order valence-corrected chi connectivity index (χ3v) is 6.16. The van der Waals surface area contributed by atoms with Crippen LogP contribution in [0.1, 0.15) is 78.0 Å². The molecule has 0 unspecified atom stereocenters. The standard InChI is InChI=1S/C25H33N3O3S/c1-14(2)18-8-10-19(11-9-18)23-22(24(30)31-16(5)6)17(7)27-25-28(23)20(13-32-25)12-21(29)26-15(3)4/h8-11,13-16,23H,12H2,1-7H3,(H,26,29)/t23-/m0/s1. The van der Waals surface area contributed by atoms with Crippen molar-refractivity contribution in [3.05, 3.63) is 57.8 Å². The number of nitrogens with zero attached hydrogens (tertiary/aromatic N) is 2. The van der Waals surface area contributed by atoms with Gasteiger partial charge in [0.2, 0.25) is 5.91 Å². The Bertz CT molecular complexity index is 975. The van der Waals surface area contributed by atoms with Gasteiger partial charge in [-0.25, -0.2) is 9.79 Å². The van der Waals surface area contributed by atoms with Crippen molar-refractivity contribution in [3.8, 4) is 0 Å². The van der Waals surface area contributed by atoms with E-state index in [2.05, 4.69) is 43.4 Å². The van der Waals surface area contributed by atoms with Crippen LogP contribution in [0.5, 0.6) is 0 Å². The summed E-state index contributed by atoms with van der Waals surface area (Å²) in [6.45, 7) is 13.7. The van der Waals surface area contributed by atoms with E-state index < -0.39 is 6.04 Å². The van der Waals surface area contributed by atoms with E-state index in [9.17, 15) is 9.59 Å². The molecular weight excluding hydrogens is 422 g/mol. The Balaban J connectivity index is 2.04. The lowest BCUT2D eigenvalue weighted by molar-refractivity contribution is -0.143. The minimum absolute atomic E-state index is 0.0559. The highest BCUT2D eigenvalue weighted by atomic mass is 32.2. The topological polar surface area (TPSA) is 71.0 Å². The zero-order valence-electron chi connectivity index (χ0n) is 19.9. The van der Waals surface area contributed by atoms with Gasteiger partial charge in [-0.05, 0) is 57.1 Å². The molecule has 172 valence electrons. The Kier molecular flexibility index (Phi) is 7.49. The van der Waals surface area contributed by atoms with Crippen LogP contribution in [0.15, 0.2) is 51.6 Å². The van der Waals surface area contributed by atoms with Crippen molar-refractivity contribution >= 4 is 28.8 Å². The number of allylic oxidation sites excluding steroid dienone is 1. The Morgan fingerprint density at radius 1 is 1.12 bits per heavy atom. The van der Waals surface area contributed by atoms with Crippen molar-refractivity contribution < 1.29 is 14.3 Å². The van der Waals surface area contributed by atoms with E-state index in [4.69, 9.17) is 9.73 Å². The van der Waals surface area contributed by atoms with Gasteiger partial charge in [-0.15, -0.1) is 0 Å². The number of hydrogen-bond donors (Lipinski definition) is 1. The summed E-state index contributed by atoms with van der Waals surface area (Å²) in [6, 6.07) is 7.99. The fourth-order valence-corrected chi connectivity index (χ4v) is 4.79. The van der Waals surface area contributed by atoms with Crippen molar-refractivity contribution in [2.45, 2.75) is 79.0 Å². The number of ether oxygens (including phenoxy) is 1. The van der Waals surface area contributed by atoms with E-state index in [1.807, 2.05) is 44.9 Å². The summed E-state index contributed by atoms with van der Waals surface area (Å²) in [5, 5.41) is 5.68. The number of nitrogens with one attached hydrogen (secondary N) is 1. The van der Waals surface area contributed by atoms with Crippen molar-refractivity contribution in [2.75, 3.05) is 0 Å². The third kappa shape index (κ3) is 5.26. The molecule has 0 radical (unpaired) electrons. The van der Waals surface area contributed by atoms with Crippen molar-refractivity contribution in [1.82, 2.24) is 10.2 Å². The Labute approximate surface area is 195 Å². The molecule has 0 aliphatic carbocycles. The van der Waals surface area contributed by atoms with Crippen LogP contribution in [0, 0.1) is 0 Å². The van der Waals surface area contributed by atoms with Gasteiger partial charge in [-0.2, -0.15) is 0 Å². The lowest BCUT2D eigenvalue weighted by atomic mass is 9.92. The van der Waals surface area contributed by atoms with Crippen molar-refractivity contribution in [2.24, 2.45) is 4.99 Å². The molecule has 0 fully saturated rings. The number of hydrogen-bond acceptors (Lipinski definition) is 6. The number of amidine groups is 1. The predicted molar refractivity (Wildman–Crippen MR) is 130 cm³/mol. The van der Waals surface area contributed by atoms with E-state index in [0.29, 0.717) is 17.2 Å². The van der Waals surface area contributed by atoms with Gasteiger partial charge in [0, 0.05) is 11.7 Å². The minimum atomic E-state index is -0.400. The lowest BCUT2D eigenvalue weighted by Gasteiger charge is -2.36. The first kappa shape index (κ1) is 24.1. The largest absolute Gasteiger partial charge is 0.459 e. The number of amides is 1. The molecule has 0 saturated heterocycles. The second kappa shape index (κ2) is 9.94. The van der Waals surface area contributed by atoms with Gasteiger partial charge < -0.3 is 15.0 Å². The molecule has 1 amide bonds. The second-order valence-corrected chi connectivity index (χ2v) is 9.90. The van der Waals surface area contributed by atoms with Gasteiger partial charge in [0.1, 0.15) is 0 Å². The molecule has 0 bridgehead atoms. The molecule has 2 heterocycles. The second-order valence-electron chi connectivity index (χ2n) is 9.07. The summed E-state index contributed by atoms with van der Waals surface area (Å²) < 4.78 is 5.59. The van der Waals surface area contributed by atoms with Crippen LogP contribution in [0.2, 0.25) is 0 Å². The molecular formula is C25H33N3O3S. The van der Waals surface area contributed by atoms with E-state index in [1.54, 1.807) is 0 Å². The molecule has 0 aromatic heterocycles. The van der Waals surface area contributed by atoms with Crippen LogP contribution in [0.3, 0.4) is 0 Å². The molecule has 1 aromatic rings. The van der Waals surface area contributed by atoms with Crippen LogP contribution >= 0.6 is 11.8 Å². The van der Waals surface area contributed by atoms with Gasteiger partial charge >= 0.3 is 5.97 Å². The van der Waals surface area contributed by atoms with E-state index in [1.165, 1.54) is 17.3 Å². The Hall–Kier alpha value is -2.54. The monoisotopic (exact) mass is 455 g/mol. The SMILES string of the molecule is CC1=C(C(=O)OC(C)C)[C@H](c2ccc(C(C)C)cc2)N2C(CC(=O)NC(C)C)=CSC2=N1. The van der Waals surface area contributed by atoms with Crippen molar-refractivity contribution in [1.29, 1.82) is 0 Å². The van der Waals surface area contributed by atoms with E-state index >= 15 is 0 Å². The van der Waals surface area contributed by atoms with Crippen LogP contribution in [-0.2, 0) is 14.3 Å². The summed E-state index contributed by atoms with van der Waals surface area (Å²) in [6.07, 6.45) is -0.0204. The maximum Gasteiger partial charge on any atom is 0.338 e. The molecule has 7 heteroatoms. The maximum absolute atomic E-state index is 13.2. The van der Waals surface area contributed by atoms with Gasteiger partial charge in [0.05, 0.1) is 29.8 Å². The van der Waals surface area contributed by atoms with Crippen molar-refractivity contribution in [3.63, 3.8) is 0 Å². The van der Waals surface area contributed by atoms with Crippen LogP contribution < -0.4 is 5.32 Å². The quantitative estimate of drug-likeness (QED) is 0.569. The number of fused-ring (bicyclic) bond motifs is 1. The van der Waals surface area contributed by atoms with Crippen LogP contribution in [0.25, 0.3) is 0 Å². The molecule has 1 aromatic carbocycles. The Morgan fingerprint density at radius 3 is 2.34 bits per heavy atom. The minimum Gasteiger partial charge on any atom is -0.459 e. The molecule has 2 aliphatic rings. The smallest absolute Gasteiger partial charge is 0.338 e. The number of carbonyl (C=O) groups is 2. The number of esters is 1. The first-order chi connectivity index (χ1) is 15.1. The molecule has 3 rings (SSSR count). The molecule has 32 heavy (non-hydrogen) atoms. The highest BCUT2D eigenvalue weighted by Crippen LogP contribution is 2.45. The average Bonchev–Trinajstić information content (AvgIpc) is 3.07. The van der Waals surface area contributed by atoms with Gasteiger partial charge in [-0.3, -0.25) is 4.79 Å². The highest BCUT2D eigenvalue weighted by molar-refractivity contribution is 8.16. The number of carbonyl (C=O) groups excluding carboxylic acids is 2. The van der Waals surface area contributed by atoms with Gasteiger partial charge in [-0.1, -0.05) is 49.9 Å². The predicted octanol–water partition coefficient (Wildman–Crippen LogP) is 5.25. The van der Waals surface area contributed by atoms with Gasteiger partial charge in [0.25, 0.3) is 0 Å². The molecule has 1 atom stereocenters. The van der Waals surface area contributed by atoms with E-state index in [-0.39, 0.29) is 30.4 Å². The summed E-state index contributed by atoms with van der Waals surface area (Å²) in [4.78, 5) is 32.4. The van der Waals surface area contributed by atoms with Gasteiger partial charge in [0.15, 0.2) is 5.17 Å². The maximum atomic E-state index is 13.2. The molecule has 0 spiro atoms. The fraction of sp³-hybridized carbons (Fsp3) is 0.480. The third-order valence-electron chi connectivity index (χ3n) is 5.27. The normalized spacial score (nSPS) is 18.2. The number of benzene rings is 1. The Morgan fingerprint density at radius 2 is 1.78 bits per heavy atom. The first-order valence-electron chi connectivity index (χ1n) is 11.1. The summed E-state index contributed by atoms with van der Waals surface area (Å²) in [7, 11) is 0. The molecule has 2 aliphatic heterocycles. The highest BCUT2D eigenvalue weighted by Gasteiger charge is 2.41.